The van der Waals surface area contributed by atoms with Crippen molar-refractivity contribution in [3.8, 4) is 0 Å². The van der Waals surface area contributed by atoms with E-state index < -0.39 is 11.9 Å². The van der Waals surface area contributed by atoms with E-state index in [1.54, 1.807) is 18.2 Å². The predicted molar refractivity (Wildman–Crippen MR) is 83.0 cm³/mol. The van der Waals surface area contributed by atoms with Crippen LogP contribution in [0.15, 0.2) is 35.2 Å². The van der Waals surface area contributed by atoms with Crippen LogP contribution >= 0.6 is 23.1 Å². The third-order valence-electron chi connectivity index (χ3n) is 2.76. The Morgan fingerprint density at radius 3 is 2.36 bits per heavy atom. The molecule has 0 aliphatic rings. The maximum atomic E-state index is 12.9. The average Bonchev–Trinajstić information content (AvgIpc) is 2.97. The van der Waals surface area contributed by atoms with Crippen LogP contribution in [0.5, 0.6) is 0 Å². The van der Waals surface area contributed by atoms with Gasteiger partial charge in [0.05, 0.1) is 14.2 Å². The van der Waals surface area contributed by atoms with Crippen LogP contribution in [-0.4, -0.2) is 26.2 Å². The summed E-state index contributed by atoms with van der Waals surface area (Å²) in [5.74, 6) is -0.750. The summed E-state index contributed by atoms with van der Waals surface area (Å²) in [6, 6.07) is 7.72. The largest absolute Gasteiger partial charge is 0.465 e. The lowest BCUT2D eigenvalue weighted by Crippen LogP contribution is -1.99. The highest BCUT2D eigenvalue weighted by atomic mass is 32.2. The highest BCUT2D eigenvalue weighted by Crippen LogP contribution is 2.34. The fourth-order valence-corrected chi connectivity index (χ4v) is 3.86. The van der Waals surface area contributed by atoms with Gasteiger partial charge in [0.1, 0.15) is 15.6 Å². The summed E-state index contributed by atoms with van der Waals surface area (Å²) in [4.78, 5) is 24.7. The Balaban J connectivity index is 2.20. The minimum atomic E-state index is -0.498. The fraction of sp³-hybridized carbons (Fsp3) is 0.200. The molecule has 0 unspecified atom stereocenters. The first-order chi connectivity index (χ1) is 10.5. The van der Waals surface area contributed by atoms with Gasteiger partial charge in [-0.3, -0.25) is 0 Å². The molecule has 2 rings (SSSR count). The summed E-state index contributed by atoms with van der Waals surface area (Å²) >= 11 is 2.41. The van der Waals surface area contributed by atoms with E-state index in [4.69, 9.17) is 4.74 Å². The third-order valence-corrected chi connectivity index (χ3v) is 5.10. The summed E-state index contributed by atoms with van der Waals surface area (Å²) in [6.45, 7) is 0. The van der Waals surface area contributed by atoms with E-state index in [1.165, 1.54) is 38.1 Å². The number of benzene rings is 1. The summed E-state index contributed by atoms with van der Waals surface area (Å²) in [5, 5.41) is 0. The zero-order chi connectivity index (χ0) is 16.1. The molecule has 2 aromatic rings. The quantitative estimate of drug-likeness (QED) is 0.613. The van der Waals surface area contributed by atoms with Crippen molar-refractivity contribution in [2.75, 3.05) is 14.2 Å². The van der Waals surface area contributed by atoms with Crippen molar-refractivity contribution in [1.29, 1.82) is 0 Å². The number of thiophene rings is 1. The van der Waals surface area contributed by atoms with Crippen LogP contribution in [0, 0.1) is 5.82 Å². The second-order valence-corrected chi connectivity index (χ2v) is 6.27. The van der Waals surface area contributed by atoms with Gasteiger partial charge in [0, 0.05) is 10.6 Å². The number of methoxy groups -OCH3 is 2. The standard InChI is InChI=1S/C15H13FO4S2/c1-19-14(17)12-7-11(13(22-12)15(18)20-2)21-8-9-3-5-10(16)6-4-9/h3-7H,8H2,1-2H3. The summed E-state index contributed by atoms with van der Waals surface area (Å²) in [5.41, 5.74) is 0.910. The van der Waals surface area contributed by atoms with Gasteiger partial charge in [-0.1, -0.05) is 12.1 Å². The first-order valence-electron chi connectivity index (χ1n) is 6.23. The highest BCUT2D eigenvalue weighted by molar-refractivity contribution is 7.98. The van der Waals surface area contributed by atoms with Crippen LogP contribution in [0.25, 0.3) is 0 Å². The van der Waals surface area contributed by atoms with Crippen LogP contribution in [0.4, 0.5) is 4.39 Å². The van der Waals surface area contributed by atoms with Gasteiger partial charge in [-0.25, -0.2) is 14.0 Å². The Bertz CT molecular complexity index is 679. The lowest BCUT2D eigenvalue weighted by atomic mass is 10.2. The molecule has 1 aromatic carbocycles. The number of carbonyl (C=O) groups excluding carboxylic acids is 2. The summed E-state index contributed by atoms with van der Waals surface area (Å²) in [6.07, 6.45) is 0. The van der Waals surface area contributed by atoms with Gasteiger partial charge in [0.15, 0.2) is 0 Å². The Labute approximate surface area is 135 Å². The van der Waals surface area contributed by atoms with E-state index in [-0.39, 0.29) is 5.82 Å². The molecule has 0 bridgehead atoms. The zero-order valence-electron chi connectivity index (χ0n) is 11.9. The highest BCUT2D eigenvalue weighted by Gasteiger charge is 2.21. The van der Waals surface area contributed by atoms with E-state index in [0.29, 0.717) is 20.4 Å². The van der Waals surface area contributed by atoms with E-state index >= 15 is 0 Å². The molecule has 0 saturated carbocycles. The minimum Gasteiger partial charge on any atom is -0.465 e. The van der Waals surface area contributed by atoms with Crippen molar-refractivity contribution >= 4 is 35.0 Å². The maximum Gasteiger partial charge on any atom is 0.349 e. The number of hydrogen-bond donors (Lipinski definition) is 0. The lowest BCUT2D eigenvalue weighted by molar-refractivity contribution is 0.0596. The van der Waals surface area contributed by atoms with E-state index in [1.807, 2.05) is 0 Å². The molecule has 4 nitrogen and oxygen atoms in total. The number of halogens is 1. The van der Waals surface area contributed by atoms with Gasteiger partial charge >= 0.3 is 11.9 Å². The molecule has 0 aliphatic heterocycles. The molecule has 22 heavy (non-hydrogen) atoms. The Kier molecular flexibility index (Phi) is 5.57. The topological polar surface area (TPSA) is 52.6 Å². The summed E-state index contributed by atoms with van der Waals surface area (Å²) < 4.78 is 22.3. The van der Waals surface area contributed by atoms with Crippen LogP contribution in [0.1, 0.15) is 24.9 Å². The zero-order valence-corrected chi connectivity index (χ0v) is 13.6. The molecule has 1 heterocycles. The molecule has 0 amide bonds. The lowest BCUT2D eigenvalue weighted by Gasteiger charge is -2.02. The van der Waals surface area contributed by atoms with Gasteiger partial charge in [-0.05, 0) is 23.8 Å². The molecule has 0 radical (unpaired) electrons. The molecule has 0 fully saturated rings. The number of thioether (sulfide) groups is 1. The second kappa shape index (κ2) is 7.42. The number of ether oxygens (including phenoxy) is 2. The van der Waals surface area contributed by atoms with Crippen molar-refractivity contribution in [3.63, 3.8) is 0 Å². The number of carbonyl (C=O) groups is 2. The average molecular weight is 340 g/mol. The van der Waals surface area contributed by atoms with E-state index in [9.17, 15) is 14.0 Å². The number of rotatable bonds is 5. The van der Waals surface area contributed by atoms with E-state index in [0.717, 1.165) is 16.9 Å². The van der Waals surface area contributed by atoms with Crippen LogP contribution < -0.4 is 0 Å². The van der Waals surface area contributed by atoms with Gasteiger partial charge < -0.3 is 9.47 Å². The fourth-order valence-electron chi connectivity index (χ4n) is 1.66. The molecule has 0 saturated heterocycles. The van der Waals surface area contributed by atoms with Crippen molar-refractivity contribution in [3.05, 3.63) is 51.5 Å². The molecule has 0 spiro atoms. The van der Waals surface area contributed by atoms with Crippen LogP contribution in [0.2, 0.25) is 0 Å². The molecular formula is C15H13FO4S2. The van der Waals surface area contributed by atoms with Gasteiger partial charge in [-0.2, -0.15) is 0 Å². The molecular weight excluding hydrogens is 327 g/mol. The van der Waals surface area contributed by atoms with E-state index in [2.05, 4.69) is 4.74 Å². The number of esters is 2. The Hall–Kier alpha value is -1.86. The smallest absolute Gasteiger partial charge is 0.349 e. The van der Waals surface area contributed by atoms with Crippen molar-refractivity contribution in [2.45, 2.75) is 10.6 Å². The third kappa shape index (κ3) is 3.86. The summed E-state index contributed by atoms with van der Waals surface area (Å²) in [7, 11) is 2.57. The SMILES string of the molecule is COC(=O)c1cc(SCc2ccc(F)cc2)c(C(=O)OC)s1. The predicted octanol–water partition coefficient (Wildman–Crippen LogP) is 3.75. The van der Waals surface area contributed by atoms with Gasteiger partial charge in [0.25, 0.3) is 0 Å². The first-order valence-corrected chi connectivity index (χ1v) is 8.03. The molecule has 0 N–H and O–H groups in total. The monoisotopic (exact) mass is 340 g/mol. The van der Waals surface area contributed by atoms with Crippen LogP contribution in [0.3, 0.4) is 0 Å². The van der Waals surface area contributed by atoms with Gasteiger partial charge in [0.2, 0.25) is 0 Å². The number of hydrogen-bond acceptors (Lipinski definition) is 6. The van der Waals surface area contributed by atoms with Crippen LogP contribution in [-0.2, 0) is 15.2 Å². The Morgan fingerprint density at radius 1 is 1.14 bits per heavy atom. The molecule has 0 aliphatic carbocycles. The first kappa shape index (κ1) is 16.5. The van der Waals surface area contributed by atoms with Crippen molar-refractivity contribution < 1.29 is 23.5 Å². The minimum absolute atomic E-state index is 0.299. The molecule has 1 aromatic heterocycles. The van der Waals surface area contributed by atoms with Gasteiger partial charge in [-0.15, -0.1) is 23.1 Å². The molecule has 0 atom stereocenters. The maximum absolute atomic E-state index is 12.9. The molecule has 116 valence electrons. The Morgan fingerprint density at radius 2 is 1.77 bits per heavy atom. The van der Waals surface area contributed by atoms with Crippen molar-refractivity contribution in [2.24, 2.45) is 0 Å². The second-order valence-electron chi connectivity index (χ2n) is 4.20. The van der Waals surface area contributed by atoms with Crippen molar-refractivity contribution in [1.82, 2.24) is 0 Å². The molecule has 7 heteroatoms. The normalized spacial score (nSPS) is 10.3.